The molecule has 4 heteroatoms. The zero-order valence-electron chi connectivity index (χ0n) is 15.3. The molecule has 0 aliphatic rings. The van der Waals surface area contributed by atoms with Gasteiger partial charge in [0.1, 0.15) is 0 Å². The smallest absolute Gasteiger partial charge is 0.269 e. The van der Waals surface area contributed by atoms with Crippen molar-refractivity contribution in [2.45, 2.75) is 25.9 Å². The van der Waals surface area contributed by atoms with Crippen molar-refractivity contribution in [3.63, 3.8) is 0 Å². The highest BCUT2D eigenvalue weighted by atomic mass is 16.6. The third-order valence-electron chi connectivity index (χ3n) is 4.56. The van der Waals surface area contributed by atoms with Crippen LogP contribution in [0.25, 0.3) is 0 Å². The second-order valence-corrected chi connectivity index (χ2v) is 6.71. The van der Waals surface area contributed by atoms with E-state index in [1.807, 2.05) is 30.3 Å². The van der Waals surface area contributed by atoms with Gasteiger partial charge in [-0.1, -0.05) is 72.8 Å². The molecule has 0 radical (unpaired) electrons. The zero-order valence-corrected chi connectivity index (χ0v) is 15.3. The highest BCUT2D eigenvalue weighted by Gasteiger charge is 2.11. The minimum Gasteiger partial charge on any atom is -0.295 e. The first-order valence-electron chi connectivity index (χ1n) is 9.24. The molecule has 0 bridgehead atoms. The molecule has 0 amide bonds. The van der Waals surface area contributed by atoms with Crippen LogP contribution in [0, 0.1) is 10.1 Å². The fourth-order valence-corrected chi connectivity index (χ4v) is 3.23. The lowest BCUT2D eigenvalue weighted by Gasteiger charge is -2.22. The van der Waals surface area contributed by atoms with Crippen LogP contribution in [0.1, 0.15) is 23.1 Å². The second-order valence-electron chi connectivity index (χ2n) is 6.71. The summed E-state index contributed by atoms with van der Waals surface area (Å²) in [5.41, 5.74) is 3.71. The number of non-ortho nitro benzene ring substituents is 1. The van der Waals surface area contributed by atoms with Gasteiger partial charge in [-0.3, -0.25) is 15.0 Å². The van der Waals surface area contributed by atoms with Gasteiger partial charge in [0.15, 0.2) is 0 Å². The lowest BCUT2D eigenvalue weighted by molar-refractivity contribution is -0.384. The number of rotatable bonds is 9. The molecule has 0 unspecified atom stereocenters. The minimum absolute atomic E-state index is 0.149. The Morgan fingerprint density at radius 1 is 0.741 bits per heavy atom. The Labute approximate surface area is 160 Å². The Morgan fingerprint density at radius 2 is 1.33 bits per heavy atom. The van der Waals surface area contributed by atoms with Crippen molar-refractivity contribution < 1.29 is 4.92 Å². The fraction of sp³-hybridized carbons (Fsp3) is 0.217. The Morgan fingerprint density at radius 3 is 2.00 bits per heavy atom. The van der Waals surface area contributed by atoms with Crippen molar-refractivity contribution in [1.82, 2.24) is 4.90 Å². The van der Waals surface area contributed by atoms with Crippen LogP contribution in [-0.2, 0) is 19.5 Å². The standard InChI is InChI=1S/C23H24N2O2/c26-25(27)23-15-7-13-22(17-23)19-24(18-21-11-5-2-6-12-21)16-8-14-20-9-3-1-4-10-20/h1-7,9-13,15,17H,8,14,16,18-19H2. The van der Waals surface area contributed by atoms with Crippen molar-refractivity contribution >= 4 is 5.69 Å². The number of hydrogen-bond acceptors (Lipinski definition) is 3. The lowest BCUT2D eigenvalue weighted by Crippen LogP contribution is -2.24. The summed E-state index contributed by atoms with van der Waals surface area (Å²) in [6.07, 6.45) is 2.08. The maximum atomic E-state index is 11.1. The van der Waals surface area contributed by atoms with E-state index in [9.17, 15) is 10.1 Å². The summed E-state index contributed by atoms with van der Waals surface area (Å²) in [4.78, 5) is 13.1. The molecule has 4 nitrogen and oxygen atoms in total. The van der Waals surface area contributed by atoms with E-state index in [0.717, 1.165) is 31.5 Å². The number of nitro groups is 1. The van der Waals surface area contributed by atoms with Gasteiger partial charge in [-0.05, 0) is 36.1 Å². The van der Waals surface area contributed by atoms with Crippen LogP contribution in [0.4, 0.5) is 5.69 Å². The number of aryl methyl sites for hydroxylation is 1. The highest BCUT2D eigenvalue weighted by molar-refractivity contribution is 5.34. The van der Waals surface area contributed by atoms with Crippen LogP contribution in [0.2, 0.25) is 0 Å². The molecule has 0 fully saturated rings. The normalized spacial score (nSPS) is 10.9. The first-order chi connectivity index (χ1) is 13.2. The molecule has 0 atom stereocenters. The van der Waals surface area contributed by atoms with E-state index in [1.165, 1.54) is 11.1 Å². The van der Waals surface area contributed by atoms with E-state index in [4.69, 9.17) is 0 Å². The molecule has 27 heavy (non-hydrogen) atoms. The summed E-state index contributed by atoms with van der Waals surface area (Å²) in [7, 11) is 0. The van der Waals surface area contributed by atoms with Crippen LogP contribution in [0.5, 0.6) is 0 Å². The Balaban J connectivity index is 1.67. The molecule has 0 spiro atoms. The fourth-order valence-electron chi connectivity index (χ4n) is 3.23. The monoisotopic (exact) mass is 360 g/mol. The van der Waals surface area contributed by atoms with Crippen molar-refractivity contribution in [3.8, 4) is 0 Å². The molecular formula is C23H24N2O2. The Bertz CT molecular complexity index is 851. The van der Waals surface area contributed by atoms with Gasteiger partial charge in [-0.25, -0.2) is 0 Å². The molecule has 3 aromatic rings. The summed E-state index contributed by atoms with van der Waals surface area (Å²) in [6, 6.07) is 27.8. The highest BCUT2D eigenvalue weighted by Crippen LogP contribution is 2.17. The quantitative estimate of drug-likeness (QED) is 0.388. The lowest BCUT2D eigenvalue weighted by atomic mass is 10.1. The molecule has 3 rings (SSSR count). The summed E-state index contributed by atoms with van der Waals surface area (Å²) < 4.78 is 0. The third kappa shape index (κ3) is 6.04. The molecule has 0 aromatic heterocycles. The largest absolute Gasteiger partial charge is 0.295 e. The van der Waals surface area contributed by atoms with Crippen LogP contribution < -0.4 is 0 Å². The Hall–Kier alpha value is -2.98. The first kappa shape index (κ1) is 18.8. The molecule has 0 N–H and O–H groups in total. The van der Waals surface area contributed by atoms with Crippen LogP contribution >= 0.6 is 0 Å². The van der Waals surface area contributed by atoms with E-state index in [-0.39, 0.29) is 10.6 Å². The summed E-state index contributed by atoms with van der Waals surface area (Å²) >= 11 is 0. The Kier molecular flexibility index (Phi) is 6.72. The van der Waals surface area contributed by atoms with E-state index >= 15 is 0 Å². The average molecular weight is 360 g/mol. The number of nitrogens with zero attached hydrogens (tertiary/aromatic N) is 2. The SMILES string of the molecule is O=[N+]([O-])c1cccc(CN(CCCc2ccccc2)Cc2ccccc2)c1. The maximum absolute atomic E-state index is 11.1. The predicted octanol–water partition coefficient (Wildman–Crippen LogP) is 5.23. The predicted molar refractivity (Wildman–Crippen MR) is 108 cm³/mol. The third-order valence-corrected chi connectivity index (χ3v) is 4.56. The van der Waals surface area contributed by atoms with Gasteiger partial charge >= 0.3 is 0 Å². The molecule has 0 saturated heterocycles. The van der Waals surface area contributed by atoms with Crippen LogP contribution in [0.3, 0.4) is 0 Å². The van der Waals surface area contributed by atoms with Gasteiger partial charge in [0.25, 0.3) is 5.69 Å². The molecule has 0 saturated carbocycles. The second kappa shape index (κ2) is 9.64. The molecule has 0 aliphatic heterocycles. The van der Waals surface area contributed by atoms with Gasteiger partial charge in [-0.15, -0.1) is 0 Å². The molecular weight excluding hydrogens is 336 g/mol. The van der Waals surface area contributed by atoms with E-state index in [2.05, 4.69) is 41.3 Å². The van der Waals surface area contributed by atoms with Gasteiger partial charge in [0, 0.05) is 25.2 Å². The van der Waals surface area contributed by atoms with E-state index < -0.39 is 0 Å². The van der Waals surface area contributed by atoms with Gasteiger partial charge in [-0.2, -0.15) is 0 Å². The van der Waals surface area contributed by atoms with Crippen molar-refractivity contribution in [2.75, 3.05) is 6.54 Å². The van der Waals surface area contributed by atoms with Crippen LogP contribution in [-0.4, -0.2) is 16.4 Å². The van der Waals surface area contributed by atoms with Crippen molar-refractivity contribution in [2.24, 2.45) is 0 Å². The summed E-state index contributed by atoms with van der Waals surface area (Å²) in [5, 5.41) is 11.1. The average Bonchev–Trinajstić information content (AvgIpc) is 2.70. The number of hydrogen-bond donors (Lipinski definition) is 0. The summed E-state index contributed by atoms with van der Waals surface area (Å²) in [6.45, 7) is 2.47. The molecule has 0 heterocycles. The van der Waals surface area contributed by atoms with Crippen molar-refractivity contribution in [1.29, 1.82) is 0 Å². The number of nitro benzene ring substituents is 1. The molecule has 0 aliphatic carbocycles. The number of benzene rings is 3. The zero-order chi connectivity index (χ0) is 18.9. The maximum Gasteiger partial charge on any atom is 0.269 e. The molecule has 3 aromatic carbocycles. The van der Waals surface area contributed by atoms with E-state index in [0.29, 0.717) is 6.54 Å². The summed E-state index contributed by atoms with van der Waals surface area (Å²) in [5.74, 6) is 0. The topological polar surface area (TPSA) is 46.4 Å². The first-order valence-corrected chi connectivity index (χ1v) is 9.24. The van der Waals surface area contributed by atoms with Gasteiger partial charge < -0.3 is 0 Å². The van der Waals surface area contributed by atoms with Gasteiger partial charge in [0.2, 0.25) is 0 Å². The minimum atomic E-state index is -0.333. The van der Waals surface area contributed by atoms with E-state index in [1.54, 1.807) is 18.2 Å². The van der Waals surface area contributed by atoms with Crippen molar-refractivity contribution in [3.05, 3.63) is 112 Å². The molecule has 138 valence electrons. The van der Waals surface area contributed by atoms with Gasteiger partial charge in [0.05, 0.1) is 4.92 Å². The van der Waals surface area contributed by atoms with Crippen LogP contribution in [0.15, 0.2) is 84.9 Å².